The Labute approximate surface area is 107 Å². The van der Waals surface area contributed by atoms with Crippen molar-refractivity contribution in [2.75, 3.05) is 18.1 Å². The van der Waals surface area contributed by atoms with Gasteiger partial charge in [0.15, 0.2) is 0 Å². The molecular formula is C12H18ClN3O. The third kappa shape index (κ3) is 2.38. The van der Waals surface area contributed by atoms with Crippen LogP contribution >= 0.6 is 11.6 Å². The lowest BCUT2D eigenvalue weighted by Crippen LogP contribution is -2.33. The first kappa shape index (κ1) is 12.6. The van der Waals surface area contributed by atoms with Crippen LogP contribution in [0, 0.1) is 0 Å². The number of nitrogens with zero attached hydrogens (tertiary/aromatic N) is 3. The molecule has 1 aliphatic heterocycles. The van der Waals surface area contributed by atoms with E-state index in [0.29, 0.717) is 5.15 Å². The number of anilines is 1. The van der Waals surface area contributed by atoms with Crippen LogP contribution in [0.5, 0.6) is 0 Å². The summed E-state index contributed by atoms with van der Waals surface area (Å²) < 4.78 is 0. The zero-order valence-electron chi connectivity index (χ0n) is 10.2. The molecule has 1 saturated heterocycles. The van der Waals surface area contributed by atoms with Crippen LogP contribution in [0.1, 0.15) is 38.2 Å². The maximum atomic E-state index is 9.38. The molecule has 2 heterocycles. The average Bonchev–Trinajstić information content (AvgIpc) is 2.75. The molecule has 1 aromatic heterocycles. The van der Waals surface area contributed by atoms with E-state index in [9.17, 15) is 5.11 Å². The summed E-state index contributed by atoms with van der Waals surface area (Å²) >= 11 is 6.15. The summed E-state index contributed by atoms with van der Waals surface area (Å²) in [6.07, 6.45) is 3.59. The molecule has 0 aromatic carbocycles. The summed E-state index contributed by atoms with van der Waals surface area (Å²) in [7, 11) is 0. The van der Waals surface area contributed by atoms with Gasteiger partial charge in [-0.05, 0) is 18.8 Å². The van der Waals surface area contributed by atoms with Crippen LogP contribution in [0.3, 0.4) is 0 Å². The highest BCUT2D eigenvalue weighted by atomic mass is 35.5. The standard InChI is InChI=1S/C12H18ClN3O/c1-8(2)10-11(13)14-7-15-12(10)16-5-3-4-9(16)6-17/h7-9,17H,3-6H2,1-2H3. The van der Waals surface area contributed by atoms with Crippen molar-refractivity contribution in [3.63, 3.8) is 0 Å². The number of aliphatic hydroxyl groups excluding tert-OH is 1. The topological polar surface area (TPSA) is 49.2 Å². The van der Waals surface area contributed by atoms with Crippen LogP contribution < -0.4 is 4.90 Å². The lowest BCUT2D eigenvalue weighted by molar-refractivity contribution is 0.266. The van der Waals surface area contributed by atoms with Gasteiger partial charge in [0.25, 0.3) is 0 Å². The van der Waals surface area contributed by atoms with E-state index in [-0.39, 0.29) is 18.6 Å². The van der Waals surface area contributed by atoms with Crippen molar-refractivity contribution >= 4 is 17.4 Å². The third-order valence-corrected chi connectivity index (χ3v) is 3.55. The fraction of sp³-hybridized carbons (Fsp3) is 0.667. The maximum absolute atomic E-state index is 9.38. The summed E-state index contributed by atoms with van der Waals surface area (Å²) in [5.74, 6) is 1.16. The minimum absolute atomic E-state index is 0.165. The van der Waals surface area contributed by atoms with E-state index in [2.05, 4.69) is 28.7 Å². The van der Waals surface area contributed by atoms with Crippen molar-refractivity contribution in [1.82, 2.24) is 9.97 Å². The lowest BCUT2D eigenvalue weighted by atomic mass is 10.1. The maximum Gasteiger partial charge on any atom is 0.138 e. The van der Waals surface area contributed by atoms with Gasteiger partial charge in [-0.1, -0.05) is 25.4 Å². The van der Waals surface area contributed by atoms with Gasteiger partial charge in [-0.15, -0.1) is 0 Å². The second-order valence-electron chi connectivity index (χ2n) is 4.73. The molecule has 1 aromatic rings. The fourth-order valence-corrected chi connectivity index (χ4v) is 2.74. The fourth-order valence-electron chi connectivity index (χ4n) is 2.40. The normalized spacial score (nSPS) is 20.3. The van der Waals surface area contributed by atoms with E-state index in [1.807, 2.05) is 0 Å². The van der Waals surface area contributed by atoms with Crippen molar-refractivity contribution < 1.29 is 5.11 Å². The van der Waals surface area contributed by atoms with Crippen molar-refractivity contribution in [1.29, 1.82) is 0 Å². The second kappa shape index (κ2) is 5.19. The number of aromatic nitrogens is 2. The summed E-state index contributed by atoms with van der Waals surface area (Å²) in [5.41, 5.74) is 0.981. The Morgan fingerprint density at radius 1 is 1.53 bits per heavy atom. The number of hydrogen-bond acceptors (Lipinski definition) is 4. The predicted molar refractivity (Wildman–Crippen MR) is 68.6 cm³/mol. The Bertz CT molecular complexity index is 397. The van der Waals surface area contributed by atoms with Gasteiger partial charge in [-0.2, -0.15) is 0 Å². The SMILES string of the molecule is CC(C)c1c(Cl)ncnc1N1CCCC1CO. The van der Waals surface area contributed by atoms with Crippen molar-refractivity contribution in [2.24, 2.45) is 0 Å². The molecule has 0 saturated carbocycles. The van der Waals surface area contributed by atoms with E-state index in [4.69, 9.17) is 11.6 Å². The zero-order chi connectivity index (χ0) is 12.4. The lowest BCUT2D eigenvalue weighted by Gasteiger charge is -2.27. The van der Waals surface area contributed by atoms with Gasteiger partial charge in [-0.3, -0.25) is 0 Å². The number of hydrogen-bond donors (Lipinski definition) is 1. The van der Waals surface area contributed by atoms with Gasteiger partial charge in [0.05, 0.1) is 12.6 Å². The first-order chi connectivity index (χ1) is 8.15. The van der Waals surface area contributed by atoms with Crippen LogP contribution in [0.15, 0.2) is 6.33 Å². The summed E-state index contributed by atoms with van der Waals surface area (Å²) in [6, 6.07) is 0.165. The van der Waals surface area contributed by atoms with E-state index in [1.165, 1.54) is 6.33 Å². The van der Waals surface area contributed by atoms with Gasteiger partial charge >= 0.3 is 0 Å². The van der Waals surface area contributed by atoms with Crippen LogP contribution in [-0.2, 0) is 0 Å². The minimum Gasteiger partial charge on any atom is -0.394 e. The molecule has 1 N–H and O–H groups in total. The van der Waals surface area contributed by atoms with E-state index >= 15 is 0 Å². The van der Waals surface area contributed by atoms with Crippen molar-refractivity contribution in [3.8, 4) is 0 Å². The van der Waals surface area contributed by atoms with E-state index in [1.54, 1.807) is 0 Å². The summed E-state index contributed by atoms with van der Waals surface area (Å²) in [5, 5.41) is 9.90. The van der Waals surface area contributed by atoms with Crippen molar-refractivity contribution in [3.05, 3.63) is 17.0 Å². The highest BCUT2D eigenvalue weighted by molar-refractivity contribution is 6.30. The Balaban J connectivity index is 2.40. The van der Waals surface area contributed by atoms with E-state index < -0.39 is 0 Å². The second-order valence-corrected chi connectivity index (χ2v) is 5.09. The molecule has 1 aliphatic rings. The molecule has 5 heteroatoms. The largest absolute Gasteiger partial charge is 0.394 e. The summed E-state index contributed by atoms with van der Waals surface area (Å²) in [6.45, 7) is 5.26. The minimum atomic E-state index is 0.165. The van der Waals surface area contributed by atoms with Gasteiger partial charge in [-0.25, -0.2) is 9.97 Å². The quantitative estimate of drug-likeness (QED) is 0.842. The molecular weight excluding hydrogens is 238 g/mol. The molecule has 17 heavy (non-hydrogen) atoms. The molecule has 1 fully saturated rings. The van der Waals surface area contributed by atoms with Crippen molar-refractivity contribution in [2.45, 2.75) is 38.6 Å². The highest BCUT2D eigenvalue weighted by Gasteiger charge is 2.28. The monoisotopic (exact) mass is 255 g/mol. The van der Waals surface area contributed by atoms with E-state index in [0.717, 1.165) is 30.8 Å². The van der Waals surface area contributed by atoms with Gasteiger partial charge in [0.2, 0.25) is 0 Å². The van der Waals surface area contributed by atoms with Crippen LogP contribution in [-0.4, -0.2) is 34.3 Å². The molecule has 0 amide bonds. The molecule has 0 radical (unpaired) electrons. The van der Waals surface area contributed by atoms with Gasteiger partial charge in [0, 0.05) is 12.1 Å². The third-order valence-electron chi connectivity index (χ3n) is 3.25. The Hall–Kier alpha value is -0.870. The molecule has 2 rings (SSSR count). The zero-order valence-corrected chi connectivity index (χ0v) is 11.0. The molecule has 0 aliphatic carbocycles. The molecule has 94 valence electrons. The molecule has 1 atom stereocenters. The predicted octanol–water partition coefficient (Wildman–Crippen LogP) is 2.21. The Morgan fingerprint density at radius 2 is 2.29 bits per heavy atom. The molecule has 0 spiro atoms. The molecule has 1 unspecified atom stereocenters. The first-order valence-corrected chi connectivity index (χ1v) is 6.40. The number of rotatable bonds is 3. The van der Waals surface area contributed by atoms with Gasteiger partial charge < -0.3 is 10.0 Å². The smallest absolute Gasteiger partial charge is 0.138 e. The first-order valence-electron chi connectivity index (χ1n) is 6.03. The highest BCUT2D eigenvalue weighted by Crippen LogP contribution is 2.34. The Kier molecular flexibility index (Phi) is 3.84. The van der Waals surface area contributed by atoms with Crippen LogP contribution in [0.25, 0.3) is 0 Å². The van der Waals surface area contributed by atoms with Crippen LogP contribution in [0.4, 0.5) is 5.82 Å². The molecule has 0 bridgehead atoms. The number of aliphatic hydroxyl groups is 1. The molecule has 4 nitrogen and oxygen atoms in total. The average molecular weight is 256 g/mol. The van der Waals surface area contributed by atoms with Crippen LogP contribution in [0.2, 0.25) is 5.15 Å². The van der Waals surface area contributed by atoms with Gasteiger partial charge in [0.1, 0.15) is 17.3 Å². The number of halogens is 1. The Morgan fingerprint density at radius 3 is 2.94 bits per heavy atom. The summed E-state index contributed by atoms with van der Waals surface area (Å²) in [4.78, 5) is 10.6.